The summed E-state index contributed by atoms with van der Waals surface area (Å²) < 4.78 is 0. The minimum absolute atomic E-state index is 0.271. The Morgan fingerprint density at radius 2 is 2.20 bits per heavy atom. The molecule has 5 nitrogen and oxygen atoms in total. The van der Waals surface area contributed by atoms with E-state index in [1.54, 1.807) is 12.4 Å². The Kier molecular flexibility index (Phi) is 4.02. The average Bonchev–Trinajstić information content (AvgIpc) is 1.85. The molecular weight excluding hydrogens is 138 g/mol. The molecule has 0 rings (SSSR count). The highest BCUT2D eigenvalue weighted by molar-refractivity contribution is 5.75. The van der Waals surface area contributed by atoms with E-state index in [0.29, 0.717) is 6.42 Å². The zero-order chi connectivity index (χ0) is 7.98. The number of hydroxylamine groups is 1. The van der Waals surface area contributed by atoms with Crippen molar-refractivity contribution < 1.29 is 19.5 Å². The van der Waals surface area contributed by atoms with Crippen molar-refractivity contribution in [1.29, 1.82) is 0 Å². The van der Waals surface area contributed by atoms with E-state index in [1.807, 2.05) is 0 Å². The fourth-order valence-corrected chi connectivity index (χ4v) is 0.379. The monoisotopic (exact) mass is 147 g/mol. The lowest BCUT2D eigenvalue weighted by atomic mass is 10.3. The number of hydrogen-bond acceptors (Lipinski definition) is 3. The molecule has 0 unspecified atom stereocenters. The van der Waals surface area contributed by atoms with Crippen LogP contribution in [-0.4, -0.2) is 17.2 Å². The summed E-state index contributed by atoms with van der Waals surface area (Å²) >= 11 is 0. The lowest BCUT2D eigenvalue weighted by Crippen LogP contribution is -2.25. The molecule has 0 saturated heterocycles. The molecule has 0 aliphatic rings. The zero-order valence-electron chi connectivity index (χ0n) is 5.59. The number of hydrogen-bond donors (Lipinski definition) is 2. The molecule has 10 heavy (non-hydrogen) atoms. The summed E-state index contributed by atoms with van der Waals surface area (Å²) in [4.78, 5) is 23.9. The van der Waals surface area contributed by atoms with Crippen molar-refractivity contribution in [3.8, 4) is 0 Å². The van der Waals surface area contributed by atoms with Crippen LogP contribution in [0.4, 0.5) is 4.79 Å². The second-order valence-corrected chi connectivity index (χ2v) is 1.64. The molecule has 0 aromatic carbocycles. The van der Waals surface area contributed by atoms with Gasteiger partial charge < -0.3 is 9.94 Å². The SMILES string of the molecule is CCCC(=O)NOC(=O)O. The normalized spacial score (nSPS) is 8.50. The molecule has 0 bridgehead atoms. The van der Waals surface area contributed by atoms with Gasteiger partial charge in [0.2, 0.25) is 0 Å². The number of nitrogens with one attached hydrogen (secondary N) is 1. The Bertz CT molecular complexity index is 134. The van der Waals surface area contributed by atoms with E-state index >= 15 is 0 Å². The van der Waals surface area contributed by atoms with Crippen LogP contribution in [0.1, 0.15) is 19.8 Å². The molecule has 0 spiro atoms. The van der Waals surface area contributed by atoms with Gasteiger partial charge in [-0.25, -0.2) is 4.79 Å². The van der Waals surface area contributed by atoms with Crippen molar-refractivity contribution >= 4 is 12.1 Å². The summed E-state index contributed by atoms with van der Waals surface area (Å²) in [5, 5.41) is 7.89. The van der Waals surface area contributed by atoms with Gasteiger partial charge in [-0.2, -0.15) is 5.48 Å². The third kappa shape index (κ3) is 4.89. The third-order valence-corrected chi connectivity index (χ3v) is 0.729. The van der Waals surface area contributed by atoms with Crippen LogP contribution in [0.5, 0.6) is 0 Å². The van der Waals surface area contributed by atoms with E-state index < -0.39 is 12.1 Å². The van der Waals surface area contributed by atoms with Crippen LogP contribution < -0.4 is 5.48 Å². The van der Waals surface area contributed by atoms with Gasteiger partial charge in [-0.1, -0.05) is 6.92 Å². The molecule has 0 aliphatic carbocycles. The summed E-state index contributed by atoms with van der Waals surface area (Å²) in [5.74, 6) is -0.426. The molecule has 0 fully saturated rings. The predicted molar refractivity (Wildman–Crippen MR) is 32.2 cm³/mol. The fourth-order valence-electron chi connectivity index (χ4n) is 0.379. The van der Waals surface area contributed by atoms with Crippen molar-refractivity contribution in [3.05, 3.63) is 0 Å². The molecule has 2 N–H and O–H groups in total. The fraction of sp³-hybridized carbons (Fsp3) is 0.600. The quantitative estimate of drug-likeness (QED) is 0.558. The second kappa shape index (κ2) is 4.60. The van der Waals surface area contributed by atoms with Crippen molar-refractivity contribution in [2.45, 2.75) is 19.8 Å². The van der Waals surface area contributed by atoms with E-state index in [2.05, 4.69) is 4.84 Å². The summed E-state index contributed by atoms with van der Waals surface area (Å²) in [7, 11) is 0. The van der Waals surface area contributed by atoms with Crippen LogP contribution >= 0.6 is 0 Å². The Morgan fingerprint density at radius 3 is 2.60 bits per heavy atom. The highest BCUT2D eigenvalue weighted by Gasteiger charge is 2.01. The highest BCUT2D eigenvalue weighted by Crippen LogP contribution is 1.84. The molecule has 1 amide bonds. The van der Waals surface area contributed by atoms with E-state index in [-0.39, 0.29) is 6.42 Å². The van der Waals surface area contributed by atoms with Crippen molar-refractivity contribution in [3.63, 3.8) is 0 Å². The van der Waals surface area contributed by atoms with Crippen LogP contribution in [0.25, 0.3) is 0 Å². The van der Waals surface area contributed by atoms with E-state index in [9.17, 15) is 9.59 Å². The van der Waals surface area contributed by atoms with Crippen LogP contribution in [0.3, 0.4) is 0 Å². The van der Waals surface area contributed by atoms with Crippen LogP contribution in [0, 0.1) is 0 Å². The van der Waals surface area contributed by atoms with E-state index in [4.69, 9.17) is 5.11 Å². The Balaban J connectivity index is 3.30. The maximum absolute atomic E-state index is 10.4. The summed E-state index contributed by atoms with van der Waals surface area (Å²) in [6, 6.07) is 0. The van der Waals surface area contributed by atoms with Crippen molar-refractivity contribution in [2.24, 2.45) is 0 Å². The molecular formula is C5H9NO4. The van der Waals surface area contributed by atoms with Gasteiger partial charge in [0.25, 0.3) is 5.91 Å². The number of carbonyl (C=O) groups is 2. The Morgan fingerprint density at radius 1 is 1.60 bits per heavy atom. The van der Waals surface area contributed by atoms with Gasteiger partial charge in [-0.05, 0) is 6.42 Å². The topological polar surface area (TPSA) is 75.6 Å². The Labute approximate surface area is 57.9 Å². The van der Waals surface area contributed by atoms with Gasteiger partial charge in [-0.3, -0.25) is 4.79 Å². The maximum Gasteiger partial charge on any atom is 0.530 e. The van der Waals surface area contributed by atoms with Crippen LogP contribution in [0.15, 0.2) is 0 Å². The third-order valence-electron chi connectivity index (χ3n) is 0.729. The number of rotatable bonds is 2. The molecule has 0 aromatic heterocycles. The molecule has 58 valence electrons. The highest BCUT2D eigenvalue weighted by atomic mass is 16.8. The standard InChI is InChI=1S/C5H9NO4/c1-2-3-4(7)6-10-5(8)9/h2-3H2,1H3,(H,6,7)(H,8,9). The summed E-state index contributed by atoms with van der Waals surface area (Å²) in [6.07, 6.45) is -0.577. The zero-order valence-corrected chi connectivity index (χ0v) is 5.59. The van der Waals surface area contributed by atoms with Gasteiger partial charge >= 0.3 is 6.16 Å². The van der Waals surface area contributed by atoms with Crippen molar-refractivity contribution in [2.75, 3.05) is 0 Å². The van der Waals surface area contributed by atoms with Gasteiger partial charge in [0.15, 0.2) is 0 Å². The first kappa shape index (κ1) is 8.74. The number of carbonyl (C=O) groups excluding carboxylic acids is 1. The largest absolute Gasteiger partial charge is 0.530 e. The molecule has 0 saturated carbocycles. The maximum atomic E-state index is 10.4. The Hall–Kier alpha value is -1.26. The molecule has 0 heterocycles. The van der Waals surface area contributed by atoms with Gasteiger partial charge in [0.1, 0.15) is 0 Å². The summed E-state index contributed by atoms with van der Waals surface area (Å²) in [6.45, 7) is 1.81. The predicted octanol–water partition coefficient (Wildman–Crippen LogP) is 0.512. The van der Waals surface area contributed by atoms with Gasteiger partial charge in [0.05, 0.1) is 0 Å². The van der Waals surface area contributed by atoms with E-state index in [1.165, 1.54) is 0 Å². The lowest BCUT2D eigenvalue weighted by molar-refractivity contribution is -0.130. The molecule has 0 atom stereocenters. The van der Waals surface area contributed by atoms with Crippen molar-refractivity contribution in [1.82, 2.24) is 5.48 Å². The molecule has 0 aliphatic heterocycles. The minimum Gasteiger partial charge on any atom is -0.448 e. The minimum atomic E-state index is -1.51. The molecule has 0 aromatic rings. The van der Waals surface area contributed by atoms with Crippen LogP contribution in [-0.2, 0) is 9.63 Å². The first-order chi connectivity index (χ1) is 4.66. The smallest absolute Gasteiger partial charge is 0.448 e. The molecule has 0 radical (unpaired) electrons. The average molecular weight is 147 g/mol. The van der Waals surface area contributed by atoms with E-state index in [0.717, 1.165) is 0 Å². The first-order valence-electron chi connectivity index (χ1n) is 2.85. The van der Waals surface area contributed by atoms with Gasteiger partial charge in [-0.15, -0.1) is 0 Å². The molecule has 5 heteroatoms. The van der Waals surface area contributed by atoms with Gasteiger partial charge in [0, 0.05) is 6.42 Å². The lowest BCUT2D eigenvalue weighted by Gasteiger charge is -1.98. The number of carboxylic acid groups (broad SMARTS) is 1. The second-order valence-electron chi connectivity index (χ2n) is 1.64. The first-order valence-corrected chi connectivity index (χ1v) is 2.85. The summed E-state index contributed by atoms with van der Waals surface area (Å²) in [5.41, 5.74) is 1.74. The van der Waals surface area contributed by atoms with Crippen LogP contribution in [0.2, 0.25) is 0 Å². The number of amides is 1.